The van der Waals surface area contributed by atoms with Crippen molar-refractivity contribution in [3.05, 3.63) is 40.4 Å². The molecule has 1 aromatic heterocycles. The molecule has 1 heterocycles. The maximum atomic E-state index is 13.3. The van der Waals surface area contributed by atoms with E-state index in [9.17, 15) is 17.6 Å². The summed E-state index contributed by atoms with van der Waals surface area (Å²) >= 11 is 2.91. The van der Waals surface area contributed by atoms with Crippen molar-refractivity contribution < 1.29 is 22.3 Å². The maximum Gasteiger partial charge on any atom is 0.433 e. The Kier molecular flexibility index (Phi) is 3.80. The number of nitrogens with zero attached hydrogens (tertiary/aromatic N) is 2. The molecule has 0 spiro atoms. The highest BCUT2D eigenvalue weighted by Gasteiger charge is 2.33. The molecule has 9 heteroatoms. The molecule has 0 unspecified atom stereocenters. The summed E-state index contributed by atoms with van der Waals surface area (Å²) in [5.41, 5.74) is 4.42. The van der Waals surface area contributed by atoms with Gasteiger partial charge in [-0.05, 0) is 28.1 Å². The monoisotopic (exact) mass is 351 g/mol. The predicted octanol–water partition coefficient (Wildman–Crippen LogP) is 3.77. The standard InChI is InChI=1S/C11H6BrF4N3O/c12-5-3-7(17)8(4-6(5)13)20-10-18-2-1-9(19-10)11(14,15)16/h1-4H,17H2. The van der Waals surface area contributed by atoms with Gasteiger partial charge in [-0.25, -0.2) is 9.37 Å². The fraction of sp³-hybridized carbons (Fsp3) is 0.0909. The number of benzene rings is 1. The van der Waals surface area contributed by atoms with E-state index in [2.05, 4.69) is 25.9 Å². The molecule has 4 nitrogen and oxygen atoms in total. The fourth-order valence-electron chi connectivity index (χ4n) is 1.28. The van der Waals surface area contributed by atoms with Gasteiger partial charge in [-0.3, -0.25) is 0 Å². The number of alkyl halides is 3. The van der Waals surface area contributed by atoms with Crippen molar-refractivity contribution in [1.82, 2.24) is 9.97 Å². The highest BCUT2D eigenvalue weighted by molar-refractivity contribution is 9.10. The van der Waals surface area contributed by atoms with E-state index in [-0.39, 0.29) is 15.9 Å². The molecule has 0 amide bonds. The molecule has 0 radical (unpaired) electrons. The van der Waals surface area contributed by atoms with Crippen LogP contribution in [0.15, 0.2) is 28.9 Å². The molecule has 0 atom stereocenters. The van der Waals surface area contributed by atoms with E-state index in [0.717, 1.165) is 12.3 Å². The highest BCUT2D eigenvalue weighted by atomic mass is 79.9. The Morgan fingerprint density at radius 1 is 1.25 bits per heavy atom. The van der Waals surface area contributed by atoms with Crippen LogP contribution >= 0.6 is 15.9 Å². The molecule has 0 aliphatic carbocycles. The van der Waals surface area contributed by atoms with Gasteiger partial charge in [-0.2, -0.15) is 18.2 Å². The normalized spacial score (nSPS) is 11.4. The Bertz CT molecular complexity index is 648. The van der Waals surface area contributed by atoms with Crippen LogP contribution in [0.5, 0.6) is 11.8 Å². The third kappa shape index (κ3) is 3.16. The first kappa shape index (κ1) is 14.5. The molecule has 0 fully saturated rings. The summed E-state index contributed by atoms with van der Waals surface area (Å²) < 4.78 is 55.8. The third-order valence-electron chi connectivity index (χ3n) is 2.18. The Labute approximate surface area is 118 Å². The first-order valence-electron chi connectivity index (χ1n) is 5.10. The van der Waals surface area contributed by atoms with Crippen LogP contribution in [-0.4, -0.2) is 9.97 Å². The summed E-state index contributed by atoms with van der Waals surface area (Å²) in [5, 5.41) is 0. The van der Waals surface area contributed by atoms with Gasteiger partial charge < -0.3 is 10.5 Å². The molecule has 0 aliphatic rings. The number of hydrogen-bond acceptors (Lipinski definition) is 4. The van der Waals surface area contributed by atoms with E-state index in [1.807, 2.05) is 0 Å². The van der Waals surface area contributed by atoms with Gasteiger partial charge in [0.25, 0.3) is 0 Å². The Hall–Kier alpha value is -1.90. The van der Waals surface area contributed by atoms with E-state index < -0.39 is 23.7 Å². The van der Waals surface area contributed by atoms with Gasteiger partial charge in [0.2, 0.25) is 0 Å². The third-order valence-corrected chi connectivity index (χ3v) is 2.79. The van der Waals surface area contributed by atoms with Crippen LogP contribution in [0.3, 0.4) is 0 Å². The summed E-state index contributed by atoms with van der Waals surface area (Å²) in [6, 6.07) is 2.26. The van der Waals surface area contributed by atoms with Gasteiger partial charge >= 0.3 is 12.2 Å². The first-order valence-corrected chi connectivity index (χ1v) is 5.89. The van der Waals surface area contributed by atoms with Crippen LogP contribution < -0.4 is 10.5 Å². The average molecular weight is 352 g/mol. The van der Waals surface area contributed by atoms with E-state index in [1.165, 1.54) is 6.07 Å². The topological polar surface area (TPSA) is 61.0 Å². The average Bonchev–Trinajstić information content (AvgIpc) is 2.35. The summed E-state index contributed by atoms with van der Waals surface area (Å²) in [5.74, 6) is -0.855. The lowest BCUT2D eigenvalue weighted by Gasteiger charge is -2.09. The number of ether oxygens (including phenoxy) is 1. The van der Waals surface area contributed by atoms with Crippen LogP contribution in [0.2, 0.25) is 0 Å². The molecule has 0 saturated carbocycles. The van der Waals surface area contributed by atoms with E-state index in [1.54, 1.807) is 0 Å². The fourth-order valence-corrected chi connectivity index (χ4v) is 1.64. The van der Waals surface area contributed by atoms with E-state index in [0.29, 0.717) is 6.07 Å². The summed E-state index contributed by atoms with van der Waals surface area (Å²) in [6.45, 7) is 0. The lowest BCUT2D eigenvalue weighted by molar-refractivity contribution is -0.141. The second-order valence-corrected chi connectivity index (χ2v) is 4.48. The van der Waals surface area contributed by atoms with E-state index in [4.69, 9.17) is 10.5 Å². The van der Waals surface area contributed by atoms with Gasteiger partial charge in [0.05, 0.1) is 10.2 Å². The number of aromatic nitrogens is 2. The molecule has 0 aliphatic heterocycles. The molecule has 0 bridgehead atoms. The molecule has 20 heavy (non-hydrogen) atoms. The maximum absolute atomic E-state index is 13.3. The zero-order valence-corrected chi connectivity index (χ0v) is 11.2. The zero-order valence-electron chi connectivity index (χ0n) is 9.58. The smallest absolute Gasteiger partial charge is 0.422 e. The number of rotatable bonds is 2. The van der Waals surface area contributed by atoms with Crippen LogP contribution in [0.4, 0.5) is 23.2 Å². The van der Waals surface area contributed by atoms with Gasteiger partial charge in [0, 0.05) is 12.3 Å². The number of nitrogen functional groups attached to an aromatic ring is 1. The van der Waals surface area contributed by atoms with Gasteiger partial charge in [0.15, 0.2) is 11.4 Å². The second kappa shape index (κ2) is 5.23. The molecule has 0 saturated heterocycles. The molecule has 106 valence electrons. The minimum Gasteiger partial charge on any atom is -0.422 e. The molecule has 2 rings (SSSR count). The molecule has 2 N–H and O–H groups in total. The number of hydrogen-bond donors (Lipinski definition) is 1. The minimum absolute atomic E-state index is 0.0271. The lowest BCUT2D eigenvalue weighted by atomic mass is 10.3. The predicted molar refractivity (Wildman–Crippen MR) is 65.6 cm³/mol. The summed E-state index contributed by atoms with van der Waals surface area (Å²) in [6.07, 6.45) is -3.74. The quantitative estimate of drug-likeness (QED) is 0.660. The molecular weight excluding hydrogens is 346 g/mol. The van der Waals surface area contributed by atoms with Crippen LogP contribution in [0.1, 0.15) is 5.69 Å². The van der Waals surface area contributed by atoms with Crippen molar-refractivity contribution in [2.45, 2.75) is 6.18 Å². The summed E-state index contributed by atoms with van der Waals surface area (Å²) in [7, 11) is 0. The zero-order chi connectivity index (χ0) is 14.9. The minimum atomic E-state index is -4.63. The van der Waals surface area contributed by atoms with Crippen molar-refractivity contribution in [1.29, 1.82) is 0 Å². The SMILES string of the molecule is Nc1cc(Br)c(F)cc1Oc1nccc(C(F)(F)F)n1. The number of anilines is 1. The van der Waals surface area contributed by atoms with Gasteiger partial charge in [-0.1, -0.05) is 0 Å². The van der Waals surface area contributed by atoms with Gasteiger partial charge in [0.1, 0.15) is 5.82 Å². The van der Waals surface area contributed by atoms with E-state index >= 15 is 0 Å². The second-order valence-electron chi connectivity index (χ2n) is 3.63. The Morgan fingerprint density at radius 3 is 2.60 bits per heavy atom. The van der Waals surface area contributed by atoms with Crippen molar-refractivity contribution in [3.63, 3.8) is 0 Å². The van der Waals surface area contributed by atoms with Gasteiger partial charge in [-0.15, -0.1) is 0 Å². The van der Waals surface area contributed by atoms with Crippen LogP contribution in [0, 0.1) is 5.82 Å². The Balaban J connectivity index is 2.33. The van der Waals surface area contributed by atoms with Crippen LogP contribution in [-0.2, 0) is 6.18 Å². The van der Waals surface area contributed by atoms with Crippen molar-refractivity contribution >= 4 is 21.6 Å². The van der Waals surface area contributed by atoms with Crippen molar-refractivity contribution in [2.24, 2.45) is 0 Å². The molecule has 1 aromatic carbocycles. The number of nitrogens with two attached hydrogens (primary N) is 1. The highest BCUT2D eigenvalue weighted by Crippen LogP contribution is 2.32. The first-order chi connectivity index (χ1) is 9.27. The number of halogens is 5. The molecular formula is C11H6BrF4N3O. The largest absolute Gasteiger partial charge is 0.433 e. The van der Waals surface area contributed by atoms with Crippen LogP contribution in [0.25, 0.3) is 0 Å². The van der Waals surface area contributed by atoms with Crippen molar-refractivity contribution in [2.75, 3.05) is 5.73 Å². The summed E-state index contributed by atoms with van der Waals surface area (Å²) in [4.78, 5) is 6.70. The van der Waals surface area contributed by atoms with Crippen molar-refractivity contribution in [3.8, 4) is 11.8 Å². The lowest BCUT2D eigenvalue weighted by Crippen LogP contribution is -2.09. The Morgan fingerprint density at radius 2 is 1.95 bits per heavy atom. The molecule has 2 aromatic rings.